The monoisotopic (exact) mass is 270 g/mol. The first-order valence-electron chi connectivity index (χ1n) is 4.18. The van der Waals surface area contributed by atoms with E-state index in [1.807, 2.05) is 0 Å². The van der Waals surface area contributed by atoms with Crippen LogP contribution in [0.1, 0.15) is 0 Å². The van der Waals surface area contributed by atoms with Gasteiger partial charge < -0.3 is 16.2 Å². The Bertz CT molecular complexity index is 216. The summed E-state index contributed by atoms with van der Waals surface area (Å²) in [7, 11) is 3.07. The smallest absolute Gasteiger partial charge is 0.322 e. The first-order chi connectivity index (χ1) is 7.07. The number of nitrogens with two attached hydrogens (primary N) is 1. The molecule has 8 heteroatoms. The molecule has 15 heavy (non-hydrogen) atoms. The molecule has 4 N–H and O–H groups in total. The quantitative estimate of drug-likeness (QED) is 0.278. The lowest BCUT2D eigenvalue weighted by atomic mass is 10.3. The van der Waals surface area contributed by atoms with Crippen LogP contribution in [-0.4, -0.2) is 46.8 Å². The lowest BCUT2D eigenvalue weighted by Crippen LogP contribution is -2.43. The minimum absolute atomic E-state index is 0.388. The van der Waals surface area contributed by atoms with Crippen molar-refractivity contribution in [2.45, 2.75) is 6.04 Å². The standard InChI is InChI=1S/C7H14N2O3S3/c8-5(4-15-14-2-1-13)7(12)9-3-6(10)11/h5,13H,1-4,8H2,(H,9,12)(H,10,11). The number of hydrogen-bond acceptors (Lipinski definition) is 6. The number of thiol groups is 1. The predicted molar refractivity (Wildman–Crippen MR) is 67.4 cm³/mol. The van der Waals surface area contributed by atoms with Gasteiger partial charge in [0, 0.05) is 17.3 Å². The van der Waals surface area contributed by atoms with Gasteiger partial charge in [0.15, 0.2) is 0 Å². The van der Waals surface area contributed by atoms with Gasteiger partial charge in [-0.3, -0.25) is 9.59 Å². The molecule has 0 aliphatic heterocycles. The molecule has 0 aliphatic carbocycles. The zero-order valence-electron chi connectivity index (χ0n) is 8.01. The molecule has 0 aromatic heterocycles. The minimum Gasteiger partial charge on any atom is -0.480 e. The summed E-state index contributed by atoms with van der Waals surface area (Å²) in [6, 6.07) is -0.665. The van der Waals surface area contributed by atoms with Crippen molar-refractivity contribution in [2.24, 2.45) is 5.73 Å². The average Bonchev–Trinajstić information content (AvgIpc) is 2.20. The van der Waals surface area contributed by atoms with Crippen LogP contribution in [0.5, 0.6) is 0 Å². The maximum absolute atomic E-state index is 11.2. The molecule has 88 valence electrons. The van der Waals surface area contributed by atoms with Crippen molar-refractivity contribution < 1.29 is 14.7 Å². The fourth-order valence-electron chi connectivity index (χ4n) is 0.587. The maximum atomic E-state index is 11.2. The highest BCUT2D eigenvalue weighted by molar-refractivity contribution is 8.76. The zero-order chi connectivity index (χ0) is 11.7. The Morgan fingerprint density at radius 2 is 2.13 bits per heavy atom. The second kappa shape index (κ2) is 9.20. The van der Waals surface area contributed by atoms with Gasteiger partial charge in [-0.15, -0.1) is 0 Å². The molecule has 0 saturated carbocycles. The minimum atomic E-state index is -1.08. The van der Waals surface area contributed by atoms with Crippen LogP contribution >= 0.6 is 34.2 Å². The van der Waals surface area contributed by atoms with Gasteiger partial charge in [0.25, 0.3) is 0 Å². The number of nitrogens with one attached hydrogen (secondary N) is 1. The summed E-state index contributed by atoms with van der Waals surface area (Å²) in [5, 5.41) is 10.5. The van der Waals surface area contributed by atoms with E-state index < -0.39 is 17.9 Å². The number of carbonyl (C=O) groups is 2. The Labute approximate surface area is 102 Å². The van der Waals surface area contributed by atoms with Crippen molar-refractivity contribution in [2.75, 3.05) is 23.8 Å². The molecule has 0 fully saturated rings. The summed E-state index contributed by atoms with van der Waals surface area (Å²) in [5.41, 5.74) is 5.53. The highest BCUT2D eigenvalue weighted by Crippen LogP contribution is 2.21. The van der Waals surface area contributed by atoms with Crippen LogP contribution in [0.15, 0.2) is 0 Å². The fourth-order valence-corrected chi connectivity index (χ4v) is 3.15. The number of carboxylic acid groups (broad SMARTS) is 1. The topological polar surface area (TPSA) is 92.4 Å². The zero-order valence-corrected chi connectivity index (χ0v) is 10.5. The second-order valence-electron chi connectivity index (χ2n) is 2.55. The first kappa shape index (κ1) is 14.9. The molecule has 0 rings (SSSR count). The third-order valence-electron chi connectivity index (χ3n) is 1.26. The summed E-state index contributed by atoms with van der Waals surface area (Å²) in [6.07, 6.45) is 0. The van der Waals surface area contributed by atoms with Crippen LogP contribution in [0.2, 0.25) is 0 Å². The predicted octanol–water partition coefficient (Wildman–Crippen LogP) is -0.174. The van der Waals surface area contributed by atoms with Crippen LogP contribution in [0.25, 0.3) is 0 Å². The summed E-state index contributed by atoms with van der Waals surface area (Å²) >= 11 is 4.03. The highest BCUT2D eigenvalue weighted by Gasteiger charge is 2.13. The molecule has 0 aromatic carbocycles. The number of carboxylic acids is 1. The van der Waals surface area contributed by atoms with E-state index in [0.29, 0.717) is 5.75 Å². The number of aliphatic carboxylic acids is 1. The fraction of sp³-hybridized carbons (Fsp3) is 0.714. The Morgan fingerprint density at radius 3 is 2.67 bits per heavy atom. The van der Waals surface area contributed by atoms with E-state index in [1.54, 1.807) is 10.8 Å². The Balaban J connectivity index is 3.55. The van der Waals surface area contributed by atoms with Gasteiger partial charge in [0.05, 0.1) is 6.04 Å². The number of rotatable bonds is 8. The van der Waals surface area contributed by atoms with Crippen LogP contribution in [0.4, 0.5) is 0 Å². The lowest BCUT2D eigenvalue weighted by Gasteiger charge is -2.09. The van der Waals surface area contributed by atoms with Crippen molar-refractivity contribution in [1.82, 2.24) is 5.32 Å². The molecule has 0 aliphatic rings. The normalized spacial score (nSPS) is 12.1. The number of hydrogen-bond donors (Lipinski definition) is 4. The summed E-state index contributed by atoms with van der Waals surface area (Å²) in [6.45, 7) is -0.388. The average molecular weight is 270 g/mol. The molecule has 0 spiro atoms. The van der Waals surface area contributed by atoms with E-state index in [2.05, 4.69) is 17.9 Å². The lowest BCUT2D eigenvalue weighted by molar-refractivity contribution is -0.138. The summed E-state index contributed by atoms with van der Waals surface area (Å²) in [5.74, 6) is 0.614. The Kier molecular flexibility index (Phi) is 9.17. The SMILES string of the molecule is NC(CSSCCS)C(=O)NCC(=O)O. The number of amides is 1. The van der Waals surface area contributed by atoms with E-state index in [-0.39, 0.29) is 6.54 Å². The Morgan fingerprint density at radius 1 is 1.47 bits per heavy atom. The highest BCUT2D eigenvalue weighted by atomic mass is 33.1. The van der Waals surface area contributed by atoms with Gasteiger partial charge in [0.1, 0.15) is 6.54 Å². The molecular formula is C7H14N2O3S3. The molecule has 0 radical (unpaired) electrons. The summed E-state index contributed by atoms with van der Waals surface area (Å²) < 4.78 is 0. The molecule has 1 unspecified atom stereocenters. The van der Waals surface area contributed by atoms with Crippen LogP contribution < -0.4 is 11.1 Å². The molecule has 0 bridgehead atoms. The van der Waals surface area contributed by atoms with Gasteiger partial charge in [-0.05, 0) is 0 Å². The van der Waals surface area contributed by atoms with Gasteiger partial charge in [0.2, 0.25) is 5.91 Å². The van der Waals surface area contributed by atoms with Gasteiger partial charge >= 0.3 is 5.97 Å². The van der Waals surface area contributed by atoms with Gasteiger partial charge in [-0.1, -0.05) is 21.6 Å². The van der Waals surface area contributed by atoms with Crippen molar-refractivity contribution >= 4 is 46.1 Å². The molecule has 1 atom stereocenters. The van der Waals surface area contributed by atoms with Crippen LogP contribution in [0, 0.1) is 0 Å². The second-order valence-corrected chi connectivity index (χ2v) is 5.62. The maximum Gasteiger partial charge on any atom is 0.322 e. The van der Waals surface area contributed by atoms with E-state index in [9.17, 15) is 9.59 Å². The largest absolute Gasteiger partial charge is 0.480 e. The van der Waals surface area contributed by atoms with Crippen LogP contribution in [-0.2, 0) is 9.59 Å². The van der Waals surface area contributed by atoms with Crippen molar-refractivity contribution in [3.05, 3.63) is 0 Å². The van der Waals surface area contributed by atoms with Gasteiger partial charge in [-0.25, -0.2) is 0 Å². The molecular weight excluding hydrogens is 256 g/mol. The first-order valence-corrected chi connectivity index (χ1v) is 7.30. The van der Waals surface area contributed by atoms with Crippen molar-refractivity contribution in [3.63, 3.8) is 0 Å². The third kappa shape index (κ3) is 8.91. The third-order valence-corrected chi connectivity index (χ3v) is 4.22. The number of carbonyl (C=O) groups excluding carboxylic acids is 1. The van der Waals surface area contributed by atoms with E-state index in [0.717, 1.165) is 11.5 Å². The molecule has 0 aromatic rings. The van der Waals surface area contributed by atoms with Crippen molar-refractivity contribution in [1.29, 1.82) is 0 Å². The van der Waals surface area contributed by atoms with E-state index >= 15 is 0 Å². The van der Waals surface area contributed by atoms with Gasteiger partial charge in [-0.2, -0.15) is 12.6 Å². The van der Waals surface area contributed by atoms with Crippen molar-refractivity contribution in [3.8, 4) is 0 Å². The van der Waals surface area contributed by atoms with E-state index in [1.165, 1.54) is 10.8 Å². The molecule has 1 amide bonds. The Hall–Kier alpha value is -0.0500. The molecule has 5 nitrogen and oxygen atoms in total. The molecule has 0 heterocycles. The van der Waals surface area contributed by atoms with E-state index in [4.69, 9.17) is 10.8 Å². The van der Waals surface area contributed by atoms with Crippen LogP contribution in [0.3, 0.4) is 0 Å². The summed E-state index contributed by atoms with van der Waals surface area (Å²) in [4.78, 5) is 21.3. The molecule has 0 saturated heterocycles.